The van der Waals surface area contributed by atoms with E-state index >= 15 is 0 Å². The molecular weight excluding hydrogens is 241 g/mol. The molecule has 5 heteroatoms. The van der Waals surface area contributed by atoms with Crippen LogP contribution in [-0.2, 0) is 6.42 Å². The van der Waals surface area contributed by atoms with Crippen LogP contribution in [0.15, 0.2) is 18.2 Å². The molecule has 0 spiro atoms. The summed E-state index contributed by atoms with van der Waals surface area (Å²) in [5, 5.41) is 7.26. The third-order valence-electron chi connectivity index (χ3n) is 2.70. The van der Waals surface area contributed by atoms with E-state index in [2.05, 4.69) is 10.2 Å². The van der Waals surface area contributed by atoms with Crippen LogP contribution in [0.2, 0.25) is 5.02 Å². The topological polar surface area (TPSA) is 54.7 Å². The van der Waals surface area contributed by atoms with Gasteiger partial charge in [0.1, 0.15) is 5.82 Å². The van der Waals surface area contributed by atoms with Gasteiger partial charge < -0.3 is 5.73 Å². The highest BCUT2D eigenvalue weighted by Gasteiger charge is 2.11. The number of aromatic nitrogens is 2. The quantitative estimate of drug-likeness (QED) is 0.884. The Labute approximate surface area is 104 Å². The molecule has 0 aliphatic rings. The maximum Gasteiger partial charge on any atom is 0.141 e. The molecule has 2 rings (SSSR count). The van der Waals surface area contributed by atoms with Crippen molar-refractivity contribution in [3.8, 4) is 11.3 Å². The third kappa shape index (κ3) is 2.33. The van der Waals surface area contributed by atoms with Crippen molar-refractivity contribution in [2.24, 2.45) is 5.73 Å². The Hall–Kier alpha value is -1.39. The van der Waals surface area contributed by atoms with Gasteiger partial charge in [-0.15, -0.1) is 0 Å². The van der Waals surface area contributed by atoms with Crippen molar-refractivity contribution < 1.29 is 4.39 Å². The minimum atomic E-state index is -0.425. The van der Waals surface area contributed by atoms with Crippen molar-refractivity contribution in [1.82, 2.24) is 10.2 Å². The van der Waals surface area contributed by atoms with Crippen LogP contribution in [-0.4, -0.2) is 16.7 Å². The molecule has 17 heavy (non-hydrogen) atoms. The molecule has 2 aromatic rings. The molecule has 0 amide bonds. The molecule has 0 saturated heterocycles. The first-order valence-electron chi connectivity index (χ1n) is 5.33. The van der Waals surface area contributed by atoms with Crippen molar-refractivity contribution in [3.63, 3.8) is 0 Å². The number of rotatable bonds is 3. The van der Waals surface area contributed by atoms with Crippen molar-refractivity contribution in [3.05, 3.63) is 40.3 Å². The predicted octanol–water partition coefficient (Wildman–Crippen LogP) is 2.68. The van der Waals surface area contributed by atoms with E-state index in [0.717, 1.165) is 28.9 Å². The second-order valence-corrected chi connectivity index (χ2v) is 4.25. The van der Waals surface area contributed by atoms with Gasteiger partial charge in [-0.05, 0) is 37.2 Å². The molecule has 3 nitrogen and oxygen atoms in total. The van der Waals surface area contributed by atoms with Gasteiger partial charge in [-0.2, -0.15) is 5.10 Å². The van der Waals surface area contributed by atoms with Gasteiger partial charge >= 0.3 is 0 Å². The molecule has 0 atom stereocenters. The molecule has 0 aliphatic carbocycles. The van der Waals surface area contributed by atoms with Gasteiger partial charge in [-0.1, -0.05) is 11.6 Å². The van der Waals surface area contributed by atoms with Gasteiger partial charge in [0.15, 0.2) is 0 Å². The molecule has 0 saturated carbocycles. The summed E-state index contributed by atoms with van der Waals surface area (Å²) in [6, 6.07) is 4.58. The molecule has 0 fully saturated rings. The van der Waals surface area contributed by atoms with Crippen molar-refractivity contribution in [2.75, 3.05) is 6.54 Å². The van der Waals surface area contributed by atoms with Crippen LogP contribution in [0.3, 0.4) is 0 Å². The van der Waals surface area contributed by atoms with Crippen LogP contribution in [0.4, 0.5) is 4.39 Å². The van der Waals surface area contributed by atoms with Gasteiger partial charge in [-0.3, -0.25) is 5.10 Å². The smallest absolute Gasteiger partial charge is 0.141 e. The Kier molecular flexibility index (Phi) is 3.45. The van der Waals surface area contributed by atoms with E-state index in [-0.39, 0.29) is 5.02 Å². The van der Waals surface area contributed by atoms with E-state index in [9.17, 15) is 4.39 Å². The van der Waals surface area contributed by atoms with E-state index < -0.39 is 5.82 Å². The number of nitrogens with two attached hydrogens (primary N) is 1. The molecule has 1 heterocycles. The number of nitrogens with one attached hydrogen (secondary N) is 1. The first kappa shape index (κ1) is 12.1. The first-order chi connectivity index (χ1) is 8.13. The molecule has 1 aromatic carbocycles. The van der Waals surface area contributed by atoms with Crippen LogP contribution < -0.4 is 5.73 Å². The highest BCUT2D eigenvalue weighted by Crippen LogP contribution is 2.27. The van der Waals surface area contributed by atoms with Crippen molar-refractivity contribution in [1.29, 1.82) is 0 Å². The first-order valence-corrected chi connectivity index (χ1v) is 5.70. The molecule has 90 valence electrons. The number of halogens is 2. The second-order valence-electron chi connectivity index (χ2n) is 3.84. The lowest BCUT2D eigenvalue weighted by Gasteiger charge is -2.01. The Morgan fingerprint density at radius 3 is 2.88 bits per heavy atom. The number of nitrogens with zero attached hydrogens (tertiary/aromatic N) is 1. The zero-order valence-corrected chi connectivity index (χ0v) is 10.2. The number of aromatic amines is 1. The van der Waals surface area contributed by atoms with Crippen molar-refractivity contribution in [2.45, 2.75) is 13.3 Å². The summed E-state index contributed by atoms with van der Waals surface area (Å²) in [4.78, 5) is 0. The maximum atomic E-state index is 13.1. The molecule has 3 N–H and O–H groups in total. The number of benzene rings is 1. The van der Waals surface area contributed by atoms with Crippen LogP contribution in [0.25, 0.3) is 11.3 Å². The van der Waals surface area contributed by atoms with Gasteiger partial charge in [0.05, 0.1) is 10.7 Å². The van der Waals surface area contributed by atoms with Gasteiger partial charge in [0.25, 0.3) is 0 Å². The lowest BCUT2D eigenvalue weighted by Crippen LogP contribution is -2.03. The van der Waals surface area contributed by atoms with E-state index in [1.54, 1.807) is 12.1 Å². The van der Waals surface area contributed by atoms with Crippen LogP contribution >= 0.6 is 11.6 Å². The fourth-order valence-corrected chi connectivity index (χ4v) is 1.93. The summed E-state index contributed by atoms with van der Waals surface area (Å²) in [5.41, 5.74) is 9.12. The average Bonchev–Trinajstić information content (AvgIpc) is 2.66. The number of hydrogen-bond donors (Lipinski definition) is 2. The highest BCUT2D eigenvalue weighted by molar-refractivity contribution is 6.31. The minimum absolute atomic E-state index is 0.102. The van der Waals surface area contributed by atoms with E-state index in [4.69, 9.17) is 17.3 Å². The summed E-state index contributed by atoms with van der Waals surface area (Å²) >= 11 is 5.75. The van der Waals surface area contributed by atoms with E-state index in [0.29, 0.717) is 6.54 Å². The number of hydrogen-bond acceptors (Lipinski definition) is 2. The normalized spacial score (nSPS) is 10.8. The van der Waals surface area contributed by atoms with Gasteiger partial charge in [-0.25, -0.2) is 4.39 Å². The lowest BCUT2D eigenvalue weighted by atomic mass is 10.1. The highest BCUT2D eigenvalue weighted by atomic mass is 35.5. The average molecular weight is 254 g/mol. The van der Waals surface area contributed by atoms with Crippen molar-refractivity contribution >= 4 is 11.6 Å². The minimum Gasteiger partial charge on any atom is -0.330 e. The van der Waals surface area contributed by atoms with Gasteiger partial charge in [0.2, 0.25) is 0 Å². The Morgan fingerprint density at radius 2 is 2.24 bits per heavy atom. The number of H-pyrrole nitrogens is 1. The standard InChI is InChI=1S/C12H13ClFN3/c1-7-11(4-5-15)16-17-12(7)8-2-3-10(14)9(13)6-8/h2-3,6H,4-5,15H2,1H3,(H,16,17). The fraction of sp³-hybridized carbons (Fsp3) is 0.250. The molecule has 0 aliphatic heterocycles. The zero-order chi connectivity index (χ0) is 12.4. The summed E-state index contributed by atoms with van der Waals surface area (Å²) in [6.07, 6.45) is 0.744. The zero-order valence-electron chi connectivity index (χ0n) is 9.43. The lowest BCUT2D eigenvalue weighted by molar-refractivity contribution is 0.628. The van der Waals surface area contributed by atoms with Crippen LogP contribution in [0, 0.1) is 12.7 Å². The summed E-state index contributed by atoms with van der Waals surface area (Å²) in [5.74, 6) is -0.425. The van der Waals surface area contributed by atoms with Crippen LogP contribution in [0.5, 0.6) is 0 Å². The summed E-state index contributed by atoms with van der Waals surface area (Å²) < 4.78 is 13.1. The second kappa shape index (κ2) is 4.85. The van der Waals surface area contributed by atoms with Crippen LogP contribution in [0.1, 0.15) is 11.3 Å². The molecular formula is C12H13ClFN3. The Bertz CT molecular complexity index is 537. The molecule has 1 aromatic heterocycles. The van der Waals surface area contributed by atoms with Gasteiger partial charge in [0, 0.05) is 17.7 Å². The summed E-state index contributed by atoms with van der Waals surface area (Å²) in [6.45, 7) is 2.52. The monoisotopic (exact) mass is 253 g/mol. The molecule has 0 bridgehead atoms. The van der Waals surface area contributed by atoms with E-state index in [1.165, 1.54) is 6.07 Å². The summed E-state index contributed by atoms with van der Waals surface area (Å²) in [7, 11) is 0. The molecule has 0 radical (unpaired) electrons. The predicted molar refractivity (Wildman–Crippen MR) is 66.5 cm³/mol. The molecule has 0 unspecified atom stereocenters. The maximum absolute atomic E-state index is 13.1. The third-order valence-corrected chi connectivity index (χ3v) is 2.99. The Morgan fingerprint density at radius 1 is 1.47 bits per heavy atom. The SMILES string of the molecule is Cc1c(-c2ccc(F)c(Cl)c2)n[nH]c1CCN. The Balaban J connectivity index is 2.42. The largest absolute Gasteiger partial charge is 0.330 e. The van der Waals surface area contributed by atoms with E-state index in [1.807, 2.05) is 6.92 Å². The fourth-order valence-electron chi connectivity index (χ4n) is 1.75.